The second kappa shape index (κ2) is 23.6. The molecule has 8 aromatic rings. The summed E-state index contributed by atoms with van der Waals surface area (Å²) in [5, 5.41) is 8.39. The molecule has 1 saturated heterocycles. The average molecular weight is 935 g/mol. The van der Waals surface area contributed by atoms with Crippen molar-refractivity contribution in [2.45, 2.75) is 50.2 Å². The summed E-state index contributed by atoms with van der Waals surface area (Å²) < 4.78 is 13.5. The van der Waals surface area contributed by atoms with Crippen LogP contribution >= 0.6 is 15.8 Å². The Balaban J connectivity index is 0.000000132. The van der Waals surface area contributed by atoms with Gasteiger partial charge >= 0.3 is 124 Å². The van der Waals surface area contributed by atoms with Gasteiger partial charge in [-0.1, -0.05) is 182 Å². The molecule has 0 amide bonds. The predicted molar refractivity (Wildman–Crippen MR) is 264 cm³/mol. The Hall–Kier alpha value is -4.84. The van der Waals surface area contributed by atoms with Gasteiger partial charge in [0.05, 0.1) is 0 Å². The summed E-state index contributed by atoms with van der Waals surface area (Å²) in [5.74, 6) is -0.426. The van der Waals surface area contributed by atoms with E-state index in [1.165, 1.54) is 43.8 Å². The summed E-state index contributed by atoms with van der Waals surface area (Å²) in [4.78, 5) is 0. The van der Waals surface area contributed by atoms with Crippen molar-refractivity contribution >= 4 is 52.0 Å². The molecule has 2 nitrogen and oxygen atoms in total. The number of hydrogen-bond donors (Lipinski definition) is 0. The molecule has 0 aromatic heterocycles. The maximum Gasteiger partial charge on any atom is -0.0134 e. The molecular formula is C57H55O2P2Ru. The topological polar surface area (TPSA) is 18.5 Å². The van der Waals surface area contributed by atoms with Crippen LogP contribution in [-0.2, 0) is 32.7 Å². The molecule has 5 heteroatoms. The van der Waals surface area contributed by atoms with Crippen molar-refractivity contribution in [1.82, 2.24) is 0 Å². The molecule has 0 bridgehead atoms. The molecule has 2 aliphatic rings. The van der Waals surface area contributed by atoms with Crippen LogP contribution in [-0.4, -0.2) is 16.7 Å². The van der Waals surface area contributed by atoms with Crippen LogP contribution in [0.3, 0.4) is 0 Å². The van der Waals surface area contributed by atoms with E-state index in [1.54, 1.807) is 0 Å². The number of hydrogen-bond acceptors (Lipinski definition) is 2. The third kappa shape index (κ3) is 11.6. The van der Waals surface area contributed by atoms with Gasteiger partial charge in [0, 0.05) is 0 Å². The molecule has 0 radical (unpaired) electrons. The quantitative estimate of drug-likeness (QED) is 0.0773. The van der Waals surface area contributed by atoms with Gasteiger partial charge < -0.3 is 0 Å². The van der Waals surface area contributed by atoms with Crippen LogP contribution in [0.4, 0.5) is 0 Å². The fourth-order valence-corrected chi connectivity index (χ4v) is 13.7. The smallest absolute Gasteiger partial charge is 0.0134 e. The summed E-state index contributed by atoms with van der Waals surface area (Å²) in [6, 6.07) is 85.4. The minimum atomic E-state index is -0.446. The first-order chi connectivity index (χ1) is 30.6. The first kappa shape index (κ1) is 45.2. The van der Waals surface area contributed by atoms with E-state index in [0.29, 0.717) is 0 Å². The maximum atomic E-state index is 6.24. The minimum absolute atomic E-state index is 0.0177. The molecule has 2 atom stereocenters. The van der Waals surface area contributed by atoms with Gasteiger partial charge in [-0.2, -0.15) is 18.2 Å². The summed E-state index contributed by atoms with van der Waals surface area (Å²) in [7, 11) is -0.892. The zero-order chi connectivity index (χ0) is 42.7. The number of fused-ring (bicyclic) bond motifs is 1. The van der Waals surface area contributed by atoms with Crippen molar-refractivity contribution in [1.29, 1.82) is 0 Å². The monoisotopic (exact) mass is 935 g/mol. The Bertz CT molecular complexity index is 2110. The van der Waals surface area contributed by atoms with Gasteiger partial charge in [0.1, 0.15) is 0 Å². The molecule has 0 N–H and O–H groups in total. The summed E-state index contributed by atoms with van der Waals surface area (Å²) in [5.41, 5.74) is 1.38. The Kier molecular flexibility index (Phi) is 17.2. The van der Waals surface area contributed by atoms with Crippen molar-refractivity contribution in [2.24, 2.45) is 0 Å². The number of rotatable bonds is 10. The van der Waals surface area contributed by atoms with Crippen molar-refractivity contribution in [3.05, 3.63) is 248 Å². The van der Waals surface area contributed by atoms with E-state index >= 15 is 0 Å². The van der Waals surface area contributed by atoms with E-state index in [-0.39, 0.29) is 5.41 Å². The van der Waals surface area contributed by atoms with Crippen LogP contribution in [0.25, 0.3) is 0 Å². The second-order valence-electron chi connectivity index (χ2n) is 15.2. The molecule has 0 spiro atoms. The first-order valence-electron chi connectivity index (χ1n) is 21.6. The molecule has 2 fully saturated rings. The molecular weight excluding hydrogens is 880 g/mol. The van der Waals surface area contributed by atoms with Gasteiger partial charge in [0.2, 0.25) is 0 Å². The molecule has 0 unspecified atom stereocenters. The van der Waals surface area contributed by atoms with Crippen molar-refractivity contribution in [3.8, 4) is 0 Å². The van der Waals surface area contributed by atoms with Gasteiger partial charge in [-0.25, -0.2) is 12.1 Å². The maximum absolute atomic E-state index is 6.24. The Morgan fingerprint density at radius 1 is 0.484 bits per heavy atom. The van der Waals surface area contributed by atoms with Crippen molar-refractivity contribution in [3.63, 3.8) is 0 Å². The van der Waals surface area contributed by atoms with E-state index < -0.39 is 21.6 Å². The van der Waals surface area contributed by atoms with E-state index in [2.05, 4.69) is 237 Å². The van der Waals surface area contributed by atoms with Crippen molar-refractivity contribution < 1.29 is 27.3 Å². The predicted octanol–water partition coefficient (Wildman–Crippen LogP) is 11.6. The van der Waals surface area contributed by atoms with Gasteiger partial charge in [-0.05, 0) is 47.7 Å². The zero-order valence-corrected chi connectivity index (χ0v) is 38.9. The molecule has 1 saturated carbocycles. The van der Waals surface area contributed by atoms with Crippen LogP contribution in [0.15, 0.2) is 243 Å². The zero-order valence-electron chi connectivity index (χ0n) is 35.4. The van der Waals surface area contributed by atoms with E-state index in [9.17, 15) is 0 Å². The van der Waals surface area contributed by atoms with Gasteiger partial charge in [-0.15, -0.1) is 0 Å². The fraction of sp³-hybridized carbons (Fsp3) is 0.158. The van der Waals surface area contributed by atoms with E-state index in [0.717, 1.165) is 36.6 Å². The average Bonchev–Trinajstić information content (AvgIpc) is 4.10. The summed E-state index contributed by atoms with van der Waals surface area (Å²) in [6.07, 6.45) is 5.33. The molecule has 1 heterocycles. The molecule has 313 valence electrons. The van der Waals surface area contributed by atoms with Crippen LogP contribution in [0, 0.1) is 0 Å². The third-order valence-electron chi connectivity index (χ3n) is 11.1. The minimum Gasteiger partial charge on any atom is -0.214 e. The number of benzene rings is 7. The molecule has 1 aliphatic carbocycles. The largest absolute Gasteiger partial charge is 0.214 e. The normalized spacial score (nSPS) is 17.4. The molecule has 62 heavy (non-hydrogen) atoms. The fourth-order valence-electron chi connectivity index (χ4n) is 8.27. The van der Waals surface area contributed by atoms with Gasteiger partial charge in [0.25, 0.3) is 0 Å². The third-order valence-corrected chi connectivity index (χ3v) is 16.4. The first-order valence-corrected chi connectivity index (χ1v) is 25.1. The van der Waals surface area contributed by atoms with Crippen LogP contribution in [0.2, 0.25) is 0 Å². The summed E-state index contributed by atoms with van der Waals surface area (Å²) in [6.45, 7) is 2.92. The Morgan fingerprint density at radius 2 is 0.823 bits per heavy atom. The number of ether oxygens (including phenoxy) is 2. The molecule has 1 aliphatic heterocycles. The molecule has 10 rings (SSSR count). The second-order valence-corrected chi connectivity index (χ2v) is 20.6. The molecule has 8 aromatic carbocycles. The van der Waals surface area contributed by atoms with Gasteiger partial charge in [-0.3, -0.25) is 0 Å². The SMILES string of the molecule is CCCO[C@]12CCC[C@@]1(c1ccccc1)C[C](=[Ru+])O2.c1cc[cH-]c1.c1ccc(P(c2ccccc2)c2ccccc2)cc1.c1ccc(P(c2ccccc2)c2ccccc2)cc1. The van der Waals surface area contributed by atoms with Crippen LogP contribution in [0.5, 0.6) is 0 Å². The van der Waals surface area contributed by atoms with Crippen molar-refractivity contribution in [2.75, 3.05) is 6.61 Å². The Labute approximate surface area is 382 Å². The summed E-state index contributed by atoms with van der Waals surface area (Å²) >= 11 is 2.65. The van der Waals surface area contributed by atoms with Crippen LogP contribution in [0.1, 0.15) is 44.6 Å². The van der Waals surface area contributed by atoms with Crippen LogP contribution < -0.4 is 31.8 Å². The standard InChI is InChI=1S/2C18H15P.C16H20O2.C5H5.Ru/c2*1-4-10-16(11-5-1)19(17-12-6-2-7-13-17)18-14-8-3-9-15-18;1-2-12-17-16-10-6-9-15(16,11-13-18-16)14-7-4-3-5-8-14;1-2-4-5-3-1;/h2*1-15H;3-5,7-8H,2,6,9-12H2,1H3;1-5H;/q;;;-1;+1/t;;15-,16-;;/m..0../s1. The van der Waals surface area contributed by atoms with E-state index in [4.69, 9.17) is 9.47 Å². The van der Waals surface area contributed by atoms with E-state index in [1.807, 2.05) is 30.3 Å². The Morgan fingerprint density at radius 3 is 1.13 bits per heavy atom. The van der Waals surface area contributed by atoms with Gasteiger partial charge in [0.15, 0.2) is 0 Å².